The minimum absolute atomic E-state index is 0.170. The number of hydrogen-bond acceptors (Lipinski definition) is 4. The Morgan fingerprint density at radius 3 is 2.30 bits per heavy atom. The molecule has 2 fully saturated rings. The van der Waals surface area contributed by atoms with E-state index in [2.05, 4.69) is 48.4 Å². The van der Waals surface area contributed by atoms with Crippen LogP contribution in [-0.4, -0.2) is 45.3 Å². The summed E-state index contributed by atoms with van der Waals surface area (Å²) in [4.78, 5) is 28.5. The van der Waals surface area contributed by atoms with Crippen molar-refractivity contribution in [3.63, 3.8) is 0 Å². The fourth-order valence-corrected chi connectivity index (χ4v) is 6.87. The van der Waals surface area contributed by atoms with Gasteiger partial charge in [0.25, 0.3) is 0 Å². The molecule has 4 aromatic rings. The number of piperidine rings is 1. The van der Waals surface area contributed by atoms with E-state index >= 15 is 0 Å². The second-order valence-electron chi connectivity index (χ2n) is 13.8. The second kappa shape index (κ2) is 13.4. The lowest BCUT2D eigenvalue weighted by atomic mass is 9.85. The maximum atomic E-state index is 13.2. The molecule has 2 bridgehead atoms. The van der Waals surface area contributed by atoms with Gasteiger partial charge in [-0.3, -0.25) is 10.1 Å². The van der Waals surface area contributed by atoms with Gasteiger partial charge in [0.1, 0.15) is 11.6 Å². The van der Waals surface area contributed by atoms with Crippen LogP contribution in [0.5, 0.6) is 5.75 Å². The summed E-state index contributed by atoms with van der Waals surface area (Å²) in [6.45, 7) is 8.79. The zero-order chi connectivity index (χ0) is 32.3. The number of nitrogens with one attached hydrogen (secondary N) is 2. The lowest BCUT2D eigenvalue weighted by Crippen LogP contribution is -2.47. The van der Waals surface area contributed by atoms with E-state index in [4.69, 9.17) is 9.84 Å². The Kier molecular flexibility index (Phi) is 9.15. The molecule has 3 amide bonds. The van der Waals surface area contributed by atoms with E-state index in [1.165, 1.54) is 5.56 Å². The van der Waals surface area contributed by atoms with Gasteiger partial charge in [-0.05, 0) is 86.9 Å². The summed E-state index contributed by atoms with van der Waals surface area (Å²) >= 11 is 0. The molecule has 2 unspecified atom stereocenters. The highest BCUT2D eigenvalue weighted by Gasteiger charge is 2.42. The van der Waals surface area contributed by atoms with Crippen LogP contribution in [0.4, 0.5) is 16.3 Å². The summed E-state index contributed by atoms with van der Waals surface area (Å²) in [5.41, 5.74) is 4.72. The third kappa shape index (κ3) is 7.44. The number of rotatable bonds is 9. The minimum Gasteiger partial charge on any atom is -0.493 e. The van der Waals surface area contributed by atoms with E-state index < -0.39 is 0 Å². The minimum atomic E-state index is -0.313. The lowest BCUT2D eigenvalue weighted by Gasteiger charge is -2.39. The van der Waals surface area contributed by atoms with E-state index in [1.54, 1.807) is 4.68 Å². The Bertz CT molecular complexity index is 1640. The molecule has 2 saturated heterocycles. The maximum absolute atomic E-state index is 13.2. The van der Waals surface area contributed by atoms with Gasteiger partial charge in [-0.15, -0.1) is 0 Å². The molecule has 2 aliphatic heterocycles. The number of carbonyl (C=O) groups excluding carboxylic acids is 2. The lowest BCUT2D eigenvalue weighted by molar-refractivity contribution is -0.136. The number of amides is 3. The Labute approximate surface area is 272 Å². The van der Waals surface area contributed by atoms with E-state index in [0.29, 0.717) is 36.8 Å². The summed E-state index contributed by atoms with van der Waals surface area (Å²) in [6.07, 6.45) is 5.51. The molecular formula is C38H45N5O3. The van der Waals surface area contributed by atoms with Crippen LogP contribution in [0, 0.1) is 12.8 Å². The first-order chi connectivity index (χ1) is 22.1. The van der Waals surface area contributed by atoms with Gasteiger partial charge in [-0.1, -0.05) is 68.8 Å². The van der Waals surface area contributed by atoms with Gasteiger partial charge < -0.3 is 15.0 Å². The van der Waals surface area contributed by atoms with Crippen LogP contribution in [0.3, 0.4) is 0 Å². The molecule has 2 N–H and O–H groups in total. The molecule has 0 spiro atoms. The van der Waals surface area contributed by atoms with Gasteiger partial charge in [0.15, 0.2) is 0 Å². The normalized spacial score (nSPS) is 19.1. The number of anilines is 2. The van der Waals surface area contributed by atoms with Crippen LogP contribution in [0.2, 0.25) is 0 Å². The van der Waals surface area contributed by atoms with Crippen molar-refractivity contribution < 1.29 is 14.3 Å². The molecule has 8 nitrogen and oxygen atoms in total. The first-order valence-electron chi connectivity index (χ1n) is 16.5. The highest BCUT2D eigenvalue weighted by Crippen LogP contribution is 2.40. The van der Waals surface area contributed by atoms with Crippen LogP contribution in [0.15, 0.2) is 84.9 Å². The highest BCUT2D eigenvalue weighted by molar-refractivity contribution is 5.99. The van der Waals surface area contributed by atoms with E-state index in [9.17, 15) is 9.59 Å². The second-order valence-corrected chi connectivity index (χ2v) is 13.8. The number of fused-ring (bicyclic) bond motifs is 2. The third-order valence-electron chi connectivity index (χ3n) is 9.15. The first-order valence-corrected chi connectivity index (χ1v) is 16.5. The van der Waals surface area contributed by atoms with Gasteiger partial charge in [0.2, 0.25) is 5.91 Å². The summed E-state index contributed by atoms with van der Waals surface area (Å²) in [5.74, 6) is 2.13. The van der Waals surface area contributed by atoms with E-state index in [-0.39, 0.29) is 17.4 Å². The number of aryl methyl sites for hydroxylation is 1. The molecule has 0 radical (unpaired) electrons. The van der Waals surface area contributed by atoms with Crippen molar-refractivity contribution in [2.45, 2.75) is 83.7 Å². The van der Waals surface area contributed by atoms with Crippen molar-refractivity contribution in [3.05, 3.63) is 102 Å². The molecule has 1 aromatic heterocycles. The van der Waals surface area contributed by atoms with Crippen molar-refractivity contribution in [1.82, 2.24) is 14.7 Å². The monoisotopic (exact) mass is 619 g/mol. The Morgan fingerprint density at radius 2 is 1.61 bits per heavy atom. The quantitative estimate of drug-likeness (QED) is 0.199. The number of ether oxygens (including phenoxy) is 1. The Morgan fingerprint density at radius 1 is 0.891 bits per heavy atom. The third-order valence-corrected chi connectivity index (χ3v) is 9.15. The number of para-hydroxylation sites is 1. The number of carbonyl (C=O) groups is 2. The number of hydrogen-bond donors (Lipinski definition) is 2. The van der Waals surface area contributed by atoms with Crippen molar-refractivity contribution in [3.8, 4) is 11.4 Å². The van der Waals surface area contributed by atoms with E-state index in [0.717, 1.165) is 60.5 Å². The molecule has 2 aliphatic rings. The fraction of sp³-hybridized carbons (Fsp3) is 0.395. The van der Waals surface area contributed by atoms with Crippen LogP contribution in [-0.2, 0) is 16.6 Å². The highest BCUT2D eigenvalue weighted by atomic mass is 16.5. The van der Waals surface area contributed by atoms with Gasteiger partial charge in [0.05, 0.1) is 24.4 Å². The average molecular weight is 620 g/mol. The van der Waals surface area contributed by atoms with Gasteiger partial charge in [0, 0.05) is 29.3 Å². The van der Waals surface area contributed by atoms with Crippen molar-refractivity contribution in [2.75, 3.05) is 17.2 Å². The number of benzene rings is 3. The Balaban J connectivity index is 1.05. The number of nitrogens with zero attached hydrogens (tertiary/aromatic N) is 3. The summed E-state index contributed by atoms with van der Waals surface area (Å²) in [5, 5.41) is 10.9. The number of aromatic nitrogens is 2. The van der Waals surface area contributed by atoms with Crippen LogP contribution < -0.4 is 15.4 Å². The van der Waals surface area contributed by atoms with Crippen molar-refractivity contribution in [1.29, 1.82) is 0 Å². The predicted molar refractivity (Wildman–Crippen MR) is 183 cm³/mol. The molecule has 3 heterocycles. The molecule has 6 rings (SSSR count). The standard InChI is InChI=1S/C38H45N5O3/c1-26-13-15-30(16-14-26)43-35(25-34(41-43)38(2,3)4)40-37(45)39-29-10-8-9-27(22-29)21-28-23-31-17-18-32(24-28)42(31)36(44)19-20-46-33-11-6-5-7-12-33/h5-16,22,25,28,31-32H,17-21,23-24H2,1-4H3,(H2,39,40,45). The molecule has 46 heavy (non-hydrogen) atoms. The largest absolute Gasteiger partial charge is 0.493 e. The average Bonchev–Trinajstić information content (AvgIpc) is 3.56. The summed E-state index contributed by atoms with van der Waals surface area (Å²) in [6, 6.07) is 28.1. The van der Waals surface area contributed by atoms with Gasteiger partial charge >= 0.3 is 6.03 Å². The molecule has 3 aromatic carbocycles. The topological polar surface area (TPSA) is 88.5 Å². The molecule has 0 aliphatic carbocycles. The first kappa shape index (κ1) is 31.4. The smallest absolute Gasteiger partial charge is 0.324 e. The van der Waals surface area contributed by atoms with Crippen molar-refractivity contribution in [2.24, 2.45) is 5.92 Å². The Hall–Kier alpha value is -4.59. The predicted octanol–water partition coefficient (Wildman–Crippen LogP) is 7.90. The molecule has 0 saturated carbocycles. The van der Waals surface area contributed by atoms with Crippen LogP contribution >= 0.6 is 0 Å². The molecule has 240 valence electrons. The molecule has 8 heteroatoms. The fourth-order valence-electron chi connectivity index (χ4n) is 6.87. The van der Waals surface area contributed by atoms with Crippen LogP contribution in [0.25, 0.3) is 5.69 Å². The van der Waals surface area contributed by atoms with Gasteiger partial charge in [-0.25, -0.2) is 9.48 Å². The number of urea groups is 1. The van der Waals surface area contributed by atoms with E-state index in [1.807, 2.05) is 79.7 Å². The molecular weight excluding hydrogens is 574 g/mol. The molecule has 2 atom stereocenters. The zero-order valence-electron chi connectivity index (χ0n) is 27.3. The zero-order valence-corrected chi connectivity index (χ0v) is 27.3. The summed E-state index contributed by atoms with van der Waals surface area (Å²) in [7, 11) is 0. The van der Waals surface area contributed by atoms with Crippen molar-refractivity contribution >= 4 is 23.4 Å². The maximum Gasteiger partial charge on any atom is 0.324 e. The van der Waals surface area contributed by atoms with Crippen LogP contribution in [0.1, 0.15) is 69.7 Å². The van der Waals surface area contributed by atoms with Gasteiger partial charge in [-0.2, -0.15) is 5.10 Å². The summed E-state index contributed by atoms with van der Waals surface area (Å²) < 4.78 is 7.58. The SMILES string of the molecule is Cc1ccc(-n2nc(C(C)(C)C)cc2NC(=O)Nc2cccc(CC3CC4CCC(C3)N4C(=O)CCOc3ccccc3)c2)cc1.